The molecule has 0 radical (unpaired) electrons. The highest BCUT2D eigenvalue weighted by atomic mass is 16.6. The van der Waals surface area contributed by atoms with Gasteiger partial charge in [-0.05, 0) is 31.0 Å². The fourth-order valence-corrected chi connectivity index (χ4v) is 2.50. The van der Waals surface area contributed by atoms with E-state index >= 15 is 0 Å². The van der Waals surface area contributed by atoms with Gasteiger partial charge in [0.2, 0.25) is 5.88 Å². The van der Waals surface area contributed by atoms with Crippen molar-refractivity contribution < 1.29 is 14.8 Å². The number of nitro benzene ring substituents is 1. The second-order valence-electron chi connectivity index (χ2n) is 5.68. The third kappa shape index (κ3) is 4.37. The van der Waals surface area contributed by atoms with Gasteiger partial charge >= 0.3 is 0 Å². The predicted octanol–water partition coefficient (Wildman–Crippen LogP) is 2.43. The minimum atomic E-state index is -0.573. The zero-order valence-electron chi connectivity index (χ0n) is 14.9. The van der Waals surface area contributed by atoms with Gasteiger partial charge in [-0.2, -0.15) is 5.26 Å². The van der Waals surface area contributed by atoms with Gasteiger partial charge in [0.25, 0.3) is 11.2 Å². The highest BCUT2D eigenvalue weighted by Gasteiger charge is 2.17. The van der Waals surface area contributed by atoms with Crippen molar-refractivity contribution >= 4 is 17.6 Å². The molecule has 140 valence electrons. The Morgan fingerprint density at radius 2 is 2.07 bits per heavy atom. The number of hydrogen-bond donors (Lipinski definition) is 1. The maximum atomic E-state index is 12.4. The molecule has 1 heterocycles. The van der Waals surface area contributed by atoms with Crippen molar-refractivity contribution in [2.24, 2.45) is 4.99 Å². The van der Waals surface area contributed by atoms with E-state index in [2.05, 4.69) is 4.99 Å². The first-order valence-electron chi connectivity index (χ1n) is 8.04. The first-order valence-corrected chi connectivity index (χ1v) is 8.04. The van der Waals surface area contributed by atoms with Crippen molar-refractivity contribution in [1.29, 1.82) is 5.26 Å². The lowest BCUT2D eigenvalue weighted by molar-refractivity contribution is -0.384. The standard InChI is InChI=1S/C18H18N4O5/c1-12-15(10-19)17(23)21(8-3-9-27-2)18(24)16(12)11-20-13-4-6-14(7-5-13)22(25)26/h4-7,11,24H,3,8-9H2,1-2H3. The summed E-state index contributed by atoms with van der Waals surface area (Å²) in [6, 6.07) is 7.41. The Bertz CT molecular complexity index is 971. The number of hydrogen-bond acceptors (Lipinski definition) is 7. The van der Waals surface area contributed by atoms with E-state index in [1.165, 1.54) is 37.6 Å². The Hall–Kier alpha value is -3.51. The van der Waals surface area contributed by atoms with Gasteiger partial charge in [0.05, 0.1) is 16.2 Å². The Morgan fingerprint density at radius 1 is 1.41 bits per heavy atom. The lowest BCUT2D eigenvalue weighted by Crippen LogP contribution is -2.26. The number of aromatic nitrogens is 1. The summed E-state index contributed by atoms with van der Waals surface area (Å²) in [5.41, 5.74) is 0.267. The highest BCUT2D eigenvalue weighted by Crippen LogP contribution is 2.22. The largest absolute Gasteiger partial charge is 0.494 e. The Morgan fingerprint density at radius 3 is 2.63 bits per heavy atom. The molecule has 0 saturated heterocycles. The quantitative estimate of drug-likeness (QED) is 0.345. The molecule has 0 fully saturated rings. The predicted molar refractivity (Wildman–Crippen MR) is 98.7 cm³/mol. The summed E-state index contributed by atoms with van der Waals surface area (Å²) in [7, 11) is 1.53. The highest BCUT2D eigenvalue weighted by molar-refractivity contribution is 5.87. The van der Waals surface area contributed by atoms with Crippen LogP contribution < -0.4 is 5.56 Å². The molecule has 0 aliphatic rings. The number of pyridine rings is 1. The fraction of sp³-hybridized carbons (Fsp3) is 0.278. The van der Waals surface area contributed by atoms with E-state index in [-0.39, 0.29) is 29.2 Å². The van der Waals surface area contributed by atoms with Crippen LogP contribution in [-0.4, -0.2) is 34.5 Å². The molecule has 0 aliphatic carbocycles. The van der Waals surface area contributed by atoms with E-state index in [0.29, 0.717) is 24.3 Å². The average molecular weight is 370 g/mol. The minimum Gasteiger partial charge on any atom is -0.494 e. The summed E-state index contributed by atoms with van der Waals surface area (Å²) in [6.07, 6.45) is 1.82. The van der Waals surface area contributed by atoms with Crippen LogP contribution in [0, 0.1) is 28.4 Å². The van der Waals surface area contributed by atoms with Crippen LogP contribution in [0.4, 0.5) is 11.4 Å². The van der Waals surface area contributed by atoms with Crippen LogP contribution >= 0.6 is 0 Å². The number of benzene rings is 1. The number of nitrogens with zero attached hydrogens (tertiary/aromatic N) is 4. The van der Waals surface area contributed by atoms with Crippen molar-refractivity contribution in [3.8, 4) is 11.9 Å². The van der Waals surface area contributed by atoms with Crippen LogP contribution in [-0.2, 0) is 11.3 Å². The van der Waals surface area contributed by atoms with E-state index in [1.54, 1.807) is 6.92 Å². The molecular weight excluding hydrogens is 352 g/mol. The maximum Gasteiger partial charge on any atom is 0.271 e. The van der Waals surface area contributed by atoms with E-state index < -0.39 is 10.5 Å². The normalized spacial score (nSPS) is 10.9. The van der Waals surface area contributed by atoms with Gasteiger partial charge in [-0.25, -0.2) is 0 Å². The summed E-state index contributed by atoms with van der Waals surface area (Å²) in [4.78, 5) is 26.8. The van der Waals surface area contributed by atoms with Gasteiger partial charge in [0, 0.05) is 38.6 Å². The zero-order chi connectivity index (χ0) is 20.0. The van der Waals surface area contributed by atoms with Crippen molar-refractivity contribution in [1.82, 2.24) is 4.57 Å². The summed E-state index contributed by atoms with van der Waals surface area (Å²) in [6.45, 7) is 2.13. The van der Waals surface area contributed by atoms with E-state index in [0.717, 1.165) is 4.57 Å². The second-order valence-corrected chi connectivity index (χ2v) is 5.68. The van der Waals surface area contributed by atoms with Gasteiger partial charge in [-0.15, -0.1) is 0 Å². The van der Waals surface area contributed by atoms with Crippen LogP contribution in [0.5, 0.6) is 5.88 Å². The molecule has 0 unspecified atom stereocenters. The van der Waals surface area contributed by atoms with Gasteiger partial charge in [-0.1, -0.05) is 0 Å². The molecule has 0 spiro atoms. The Balaban J connectivity index is 2.45. The number of methoxy groups -OCH3 is 1. The van der Waals surface area contributed by atoms with Crippen LogP contribution in [0.25, 0.3) is 0 Å². The molecule has 1 N–H and O–H groups in total. The molecule has 9 heteroatoms. The number of nitriles is 1. The second kappa shape index (κ2) is 8.73. The monoisotopic (exact) mass is 370 g/mol. The Kier molecular flexibility index (Phi) is 6.41. The molecule has 1 aromatic carbocycles. The van der Waals surface area contributed by atoms with E-state index in [1.807, 2.05) is 6.07 Å². The summed E-state index contributed by atoms with van der Waals surface area (Å²) >= 11 is 0. The molecule has 27 heavy (non-hydrogen) atoms. The number of non-ortho nitro benzene ring substituents is 1. The number of ether oxygens (including phenoxy) is 1. The van der Waals surface area contributed by atoms with Crippen LogP contribution in [0.15, 0.2) is 34.1 Å². The van der Waals surface area contributed by atoms with Crippen molar-refractivity contribution in [2.45, 2.75) is 19.9 Å². The number of rotatable bonds is 7. The molecule has 2 aromatic rings. The maximum absolute atomic E-state index is 12.4. The molecule has 0 amide bonds. The van der Waals surface area contributed by atoms with Crippen molar-refractivity contribution in [3.63, 3.8) is 0 Å². The van der Waals surface area contributed by atoms with Crippen LogP contribution in [0.2, 0.25) is 0 Å². The topological polar surface area (TPSA) is 131 Å². The summed E-state index contributed by atoms with van der Waals surface area (Å²) in [5, 5.41) is 30.5. The number of nitro groups is 1. The van der Waals surface area contributed by atoms with Crippen molar-refractivity contribution in [2.75, 3.05) is 13.7 Å². The average Bonchev–Trinajstić information content (AvgIpc) is 2.65. The SMILES string of the molecule is COCCCn1c(O)c(C=Nc2ccc([N+](=O)[O-])cc2)c(C)c(C#N)c1=O. The zero-order valence-corrected chi connectivity index (χ0v) is 14.9. The van der Waals surface area contributed by atoms with E-state index in [4.69, 9.17) is 4.74 Å². The third-order valence-corrected chi connectivity index (χ3v) is 3.98. The molecule has 2 rings (SSSR count). The smallest absolute Gasteiger partial charge is 0.271 e. The van der Waals surface area contributed by atoms with Gasteiger partial charge in [0.1, 0.15) is 11.6 Å². The fourth-order valence-electron chi connectivity index (χ4n) is 2.50. The number of aliphatic imine (C=N–C) groups is 1. The van der Waals surface area contributed by atoms with Gasteiger partial charge < -0.3 is 9.84 Å². The van der Waals surface area contributed by atoms with Crippen LogP contribution in [0.3, 0.4) is 0 Å². The van der Waals surface area contributed by atoms with E-state index in [9.17, 15) is 25.3 Å². The van der Waals surface area contributed by atoms with Gasteiger partial charge in [0.15, 0.2) is 0 Å². The molecule has 0 bridgehead atoms. The lowest BCUT2D eigenvalue weighted by atomic mass is 10.1. The summed E-state index contributed by atoms with van der Waals surface area (Å²) < 4.78 is 6.06. The molecule has 0 saturated carbocycles. The first-order chi connectivity index (χ1) is 12.9. The number of aromatic hydroxyl groups is 1. The van der Waals surface area contributed by atoms with Gasteiger partial charge in [-0.3, -0.25) is 24.5 Å². The molecule has 0 aliphatic heterocycles. The molecular formula is C18H18N4O5. The molecule has 9 nitrogen and oxygen atoms in total. The molecule has 1 aromatic heterocycles. The summed E-state index contributed by atoms with van der Waals surface area (Å²) in [5.74, 6) is -0.293. The van der Waals surface area contributed by atoms with Crippen molar-refractivity contribution in [3.05, 3.63) is 61.4 Å². The minimum absolute atomic E-state index is 0.0635. The lowest BCUT2D eigenvalue weighted by Gasteiger charge is -2.13. The Labute approximate surface area is 154 Å². The first kappa shape index (κ1) is 19.8. The molecule has 0 atom stereocenters. The third-order valence-electron chi connectivity index (χ3n) is 3.98. The van der Waals surface area contributed by atoms with Crippen LogP contribution in [0.1, 0.15) is 23.1 Å².